The zero-order chi connectivity index (χ0) is 16.8. The highest BCUT2D eigenvalue weighted by atomic mass is 32.2. The number of carbonyl (C=O) groups is 2. The van der Waals surface area contributed by atoms with Crippen LogP contribution in [0.15, 0.2) is 29.4 Å². The van der Waals surface area contributed by atoms with Crippen molar-refractivity contribution in [2.45, 2.75) is 44.6 Å². The molecule has 1 aromatic rings. The van der Waals surface area contributed by atoms with Crippen molar-refractivity contribution in [2.75, 3.05) is 0 Å². The van der Waals surface area contributed by atoms with E-state index in [0.29, 0.717) is 11.6 Å². The number of para-hydroxylation sites is 1. The maximum Gasteiger partial charge on any atom is 0.241 e. The van der Waals surface area contributed by atoms with Gasteiger partial charge in [-0.1, -0.05) is 30.0 Å². The molecule has 0 bridgehead atoms. The average molecular weight is 333 g/mol. The van der Waals surface area contributed by atoms with Gasteiger partial charge in [0.05, 0.1) is 0 Å². The Kier molecular flexibility index (Phi) is 3.63. The van der Waals surface area contributed by atoms with Crippen LogP contribution >= 0.6 is 11.8 Å². The molecule has 1 spiro atoms. The van der Waals surface area contributed by atoms with E-state index in [2.05, 4.69) is 10.4 Å². The quantitative estimate of drug-likeness (QED) is 0.791. The van der Waals surface area contributed by atoms with Crippen molar-refractivity contribution in [1.82, 2.24) is 10.3 Å². The largest absolute Gasteiger partial charge is 0.487 e. The zero-order valence-electron chi connectivity index (χ0n) is 13.5. The van der Waals surface area contributed by atoms with E-state index >= 15 is 0 Å². The van der Waals surface area contributed by atoms with E-state index in [4.69, 9.17) is 4.74 Å². The Morgan fingerprint density at radius 3 is 2.65 bits per heavy atom. The van der Waals surface area contributed by atoms with Crippen LogP contribution in [-0.4, -0.2) is 27.6 Å². The Morgan fingerprint density at radius 1 is 1.30 bits per heavy atom. The van der Waals surface area contributed by atoms with Gasteiger partial charge in [-0.05, 0) is 19.9 Å². The molecule has 23 heavy (non-hydrogen) atoms. The van der Waals surface area contributed by atoms with Gasteiger partial charge in [-0.2, -0.15) is 0 Å². The number of hydrogen-bond donors (Lipinski definition) is 1. The molecule has 0 aliphatic carbocycles. The number of amides is 2. The maximum atomic E-state index is 12.2. The predicted octanol–water partition coefficient (Wildman–Crippen LogP) is 2.40. The summed E-state index contributed by atoms with van der Waals surface area (Å²) < 4.78 is 6.06. The first-order chi connectivity index (χ1) is 10.7. The van der Waals surface area contributed by atoms with Gasteiger partial charge in [0.25, 0.3) is 0 Å². The van der Waals surface area contributed by atoms with Gasteiger partial charge in [0.2, 0.25) is 11.8 Å². The third-order valence-electron chi connectivity index (χ3n) is 3.74. The van der Waals surface area contributed by atoms with Crippen LogP contribution in [0.25, 0.3) is 0 Å². The normalized spacial score (nSPS) is 24.7. The molecule has 3 rings (SSSR count). The van der Waals surface area contributed by atoms with E-state index in [9.17, 15) is 9.59 Å². The number of nitrogens with zero attached hydrogens (tertiary/aromatic N) is 2. The Bertz CT molecular complexity index is 716. The highest BCUT2D eigenvalue weighted by Crippen LogP contribution is 2.56. The molecule has 0 radical (unpaired) electrons. The number of amidine groups is 1. The Hall–Kier alpha value is -2.02. The Morgan fingerprint density at radius 2 is 2.00 bits per heavy atom. The minimum atomic E-state index is -0.706. The molecule has 1 aromatic carbocycles. The molecular formula is C16H19N3O3S. The highest BCUT2D eigenvalue weighted by molar-refractivity contribution is 8.14. The van der Waals surface area contributed by atoms with Crippen molar-refractivity contribution in [1.29, 1.82) is 0 Å². The number of rotatable bonds is 0. The van der Waals surface area contributed by atoms with E-state index in [1.165, 1.54) is 30.6 Å². The van der Waals surface area contributed by atoms with Crippen LogP contribution in [0.2, 0.25) is 0 Å². The molecule has 6 nitrogen and oxygen atoms in total. The molecule has 2 aliphatic rings. The summed E-state index contributed by atoms with van der Waals surface area (Å²) in [6.45, 7) is 6.88. The third-order valence-corrected chi connectivity index (χ3v) is 4.99. The smallest absolute Gasteiger partial charge is 0.241 e. The van der Waals surface area contributed by atoms with Gasteiger partial charge in [0, 0.05) is 25.8 Å². The van der Waals surface area contributed by atoms with Crippen molar-refractivity contribution in [2.24, 2.45) is 5.10 Å². The van der Waals surface area contributed by atoms with Gasteiger partial charge < -0.3 is 10.1 Å². The fraction of sp³-hybridized carbons (Fsp3) is 0.438. The van der Waals surface area contributed by atoms with E-state index in [-0.39, 0.29) is 11.8 Å². The summed E-state index contributed by atoms with van der Waals surface area (Å²) in [5.74, 6) is 0.350. The van der Waals surface area contributed by atoms with Crippen LogP contribution in [0.4, 0.5) is 0 Å². The van der Waals surface area contributed by atoms with E-state index in [0.717, 1.165) is 11.3 Å². The topological polar surface area (TPSA) is 71.0 Å². The van der Waals surface area contributed by atoms with Gasteiger partial charge in [0.15, 0.2) is 10.0 Å². The second-order valence-electron chi connectivity index (χ2n) is 6.34. The molecule has 1 unspecified atom stereocenters. The number of carbonyl (C=O) groups excluding carboxylic acids is 2. The van der Waals surface area contributed by atoms with Crippen LogP contribution in [0.5, 0.6) is 5.75 Å². The van der Waals surface area contributed by atoms with Crippen LogP contribution in [0.1, 0.15) is 39.7 Å². The molecule has 2 aliphatic heterocycles. The molecule has 1 atom stereocenters. The molecular weight excluding hydrogens is 314 g/mol. The first kappa shape index (κ1) is 15.9. The molecule has 122 valence electrons. The van der Waals surface area contributed by atoms with Crippen molar-refractivity contribution >= 4 is 28.7 Å². The van der Waals surface area contributed by atoms with Crippen LogP contribution in [0.3, 0.4) is 0 Å². The second kappa shape index (κ2) is 5.26. The van der Waals surface area contributed by atoms with Crippen LogP contribution < -0.4 is 10.1 Å². The number of thioether (sulfide) groups is 1. The molecule has 0 saturated heterocycles. The minimum absolute atomic E-state index is 0.176. The second-order valence-corrected chi connectivity index (χ2v) is 7.60. The number of fused-ring (bicyclic) bond motifs is 2. The summed E-state index contributed by atoms with van der Waals surface area (Å²) in [5, 5.41) is 8.94. The predicted molar refractivity (Wildman–Crippen MR) is 88.8 cm³/mol. The lowest BCUT2D eigenvalue weighted by atomic mass is 9.88. The Labute approximate surface area is 139 Å². The molecule has 0 aromatic heterocycles. The fourth-order valence-corrected chi connectivity index (χ4v) is 4.68. The van der Waals surface area contributed by atoms with E-state index in [1.807, 2.05) is 38.1 Å². The number of nitrogens with one attached hydrogen (secondary N) is 1. The molecule has 2 heterocycles. The number of hydrazone groups is 1. The van der Waals surface area contributed by atoms with Crippen molar-refractivity contribution in [3.8, 4) is 5.75 Å². The minimum Gasteiger partial charge on any atom is -0.487 e. The van der Waals surface area contributed by atoms with Gasteiger partial charge in [-0.25, -0.2) is 5.01 Å². The first-order valence-corrected chi connectivity index (χ1v) is 8.20. The number of ether oxygens (including phenoxy) is 1. The molecule has 0 fully saturated rings. The summed E-state index contributed by atoms with van der Waals surface area (Å²) in [4.78, 5) is 22.9. The summed E-state index contributed by atoms with van der Waals surface area (Å²) in [5.41, 5.74) is 0.430. The standard InChI is InChI=1S/C16H19N3O3S/c1-10(20)17-14-18-19(11(2)21)16(23-14)9-15(3,4)22-13-8-6-5-7-12(13)16/h5-8H,9H2,1-4H3,(H,17,18,20). The van der Waals surface area contributed by atoms with Crippen LogP contribution in [0, 0.1) is 0 Å². The molecule has 1 N–H and O–H groups in total. The third kappa shape index (κ3) is 2.69. The fourth-order valence-electron chi connectivity index (χ4n) is 3.09. The van der Waals surface area contributed by atoms with Gasteiger partial charge in [-0.15, -0.1) is 5.10 Å². The van der Waals surface area contributed by atoms with Gasteiger partial charge in [-0.3, -0.25) is 9.59 Å². The van der Waals surface area contributed by atoms with Crippen molar-refractivity contribution in [3.05, 3.63) is 29.8 Å². The highest BCUT2D eigenvalue weighted by Gasteiger charge is 2.55. The van der Waals surface area contributed by atoms with Crippen molar-refractivity contribution < 1.29 is 14.3 Å². The van der Waals surface area contributed by atoms with Gasteiger partial charge in [0.1, 0.15) is 11.4 Å². The van der Waals surface area contributed by atoms with Crippen molar-refractivity contribution in [3.63, 3.8) is 0 Å². The Balaban J connectivity index is 2.12. The number of hydrogen-bond acceptors (Lipinski definition) is 5. The summed E-state index contributed by atoms with van der Waals surface area (Å²) in [6.07, 6.45) is 0.563. The molecule has 7 heteroatoms. The van der Waals surface area contributed by atoms with E-state index < -0.39 is 10.5 Å². The van der Waals surface area contributed by atoms with Crippen LogP contribution in [-0.2, 0) is 14.5 Å². The maximum absolute atomic E-state index is 12.2. The molecule has 0 saturated carbocycles. The lowest BCUT2D eigenvalue weighted by Gasteiger charge is -2.45. The first-order valence-electron chi connectivity index (χ1n) is 7.38. The SMILES string of the molecule is CC(=O)NC1=NN(C(C)=O)C2(CC(C)(C)Oc3ccccc32)S1. The molecule has 2 amide bonds. The summed E-state index contributed by atoms with van der Waals surface area (Å²) >= 11 is 1.39. The number of benzene rings is 1. The average Bonchev–Trinajstić information content (AvgIpc) is 2.75. The lowest BCUT2D eigenvalue weighted by molar-refractivity contribution is -0.134. The van der Waals surface area contributed by atoms with E-state index in [1.54, 1.807) is 0 Å². The zero-order valence-corrected chi connectivity index (χ0v) is 14.4. The summed E-state index contributed by atoms with van der Waals surface area (Å²) in [6, 6.07) is 7.66. The lowest BCUT2D eigenvalue weighted by Crippen LogP contribution is -2.50. The monoisotopic (exact) mass is 333 g/mol. The van der Waals surface area contributed by atoms with Gasteiger partial charge >= 0.3 is 0 Å². The summed E-state index contributed by atoms with van der Waals surface area (Å²) in [7, 11) is 0.